The van der Waals surface area contributed by atoms with E-state index in [0.29, 0.717) is 16.9 Å². The van der Waals surface area contributed by atoms with Gasteiger partial charge in [0.05, 0.1) is 16.9 Å². The van der Waals surface area contributed by atoms with Gasteiger partial charge in [0.1, 0.15) is 5.75 Å². The van der Waals surface area contributed by atoms with Crippen molar-refractivity contribution in [2.45, 2.75) is 49.4 Å². The van der Waals surface area contributed by atoms with Gasteiger partial charge in [-0.1, -0.05) is 26.0 Å². The number of sulfone groups is 1. The van der Waals surface area contributed by atoms with E-state index in [9.17, 15) is 16.8 Å². The van der Waals surface area contributed by atoms with E-state index in [0.717, 1.165) is 11.8 Å². The molecular weight excluding hydrogens is 398 g/mol. The lowest BCUT2D eigenvalue weighted by Crippen LogP contribution is -2.27. The molecule has 0 fully saturated rings. The molecule has 0 saturated carbocycles. The molecule has 0 radical (unpaired) electrons. The van der Waals surface area contributed by atoms with Gasteiger partial charge in [0.2, 0.25) is 10.0 Å². The Bertz CT molecular complexity index is 1060. The number of sulfonamides is 1. The van der Waals surface area contributed by atoms with Gasteiger partial charge in [0.25, 0.3) is 0 Å². The van der Waals surface area contributed by atoms with Gasteiger partial charge in [-0.2, -0.15) is 0 Å². The van der Waals surface area contributed by atoms with Gasteiger partial charge in [-0.3, -0.25) is 0 Å². The summed E-state index contributed by atoms with van der Waals surface area (Å²) in [5.74, 6) is 0.765. The van der Waals surface area contributed by atoms with Gasteiger partial charge in [0, 0.05) is 12.3 Å². The second-order valence-corrected chi connectivity index (χ2v) is 10.9. The van der Waals surface area contributed by atoms with Crippen LogP contribution in [0, 0.1) is 6.92 Å². The van der Waals surface area contributed by atoms with Crippen LogP contribution in [0.1, 0.15) is 49.4 Å². The highest BCUT2D eigenvalue weighted by atomic mass is 32.2. The number of nitrogens with one attached hydrogen (secondary N) is 1. The van der Waals surface area contributed by atoms with Crippen LogP contribution in [0.3, 0.4) is 0 Å². The highest BCUT2D eigenvalue weighted by molar-refractivity contribution is 7.90. The van der Waals surface area contributed by atoms with Crippen molar-refractivity contribution in [1.82, 2.24) is 4.72 Å². The summed E-state index contributed by atoms with van der Waals surface area (Å²) in [7, 11) is -5.52. The monoisotopic (exact) mass is 425 g/mol. The molecule has 0 spiro atoms. The maximum atomic E-state index is 13.0. The average Bonchev–Trinajstić information content (AvgIpc) is 2.59. The Morgan fingerprint density at radius 3 is 2.00 bits per heavy atom. The second kappa shape index (κ2) is 8.23. The van der Waals surface area contributed by atoms with Crippen molar-refractivity contribution in [3.8, 4) is 5.75 Å². The Morgan fingerprint density at radius 1 is 0.964 bits per heavy atom. The van der Waals surface area contributed by atoms with Crippen molar-refractivity contribution in [3.05, 3.63) is 53.1 Å². The van der Waals surface area contributed by atoms with E-state index in [-0.39, 0.29) is 15.7 Å². The van der Waals surface area contributed by atoms with E-state index in [4.69, 9.17) is 4.74 Å². The first kappa shape index (κ1) is 22.4. The molecule has 0 aliphatic rings. The molecule has 1 N–H and O–H groups in total. The molecule has 0 heterocycles. The van der Waals surface area contributed by atoms with Gasteiger partial charge in [0.15, 0.2) is 9.84 Å². The lowest BCUT2D eigenvalue weighted by molar-refractivity contribution is 0.406. The first-order valence-electron chi connectivity index (χ1n) is 8.87. The van der Waals surface area contributed by atoms with E-state index < -0.39 is 25.9 Å². The molecule has 154 valence electrons. The topological polar surface area (TPSA) is 89.5 Å². The van der Waals surface area contributed by atoms with Crippen molar-refractivity contribution >= 4 is 19.9 Å². The van der Waals surface area contributed by atoms with E-state index in [1.807, 2.05) is 13.8 Å². The van der Waals surface area contributed by atoms with Crippen LogP contribution in [0.4, 0.5) is 0 Å². The van der Waals surface area contributed by atoms with E-state index in [1.54, 1.807) is 45.2 Å². The molecular formula is C20H27NO5S2. The average molecular weight is 426 g/mol. The van der Waals surface area contributed by atoms with Gasteiger partial charge in [-0.15, -0.1) is 0 Å². The number of aryl methyl sites for hydroxylation is 1. The quantitative estimate of drug-likeness (QED) is 0.732. The number of rotatable bonds is 7. The van der Waals surface area contributed by atoms with Gasteiger partial charge >= 0.3 is 0 Å². The Morgan fingerprint density at radius 2 is 1.54 bits per heavy atom. The van der Waals surface area contributed by atoms with Crippen LogP contribution in [0.2, 0.25) is 0 Å². The van der Waals surface area contributed by atoms with Crippen LogP contribution >= 0.6 is 0 Å². The summed E-state index contributed by atoms with van der Waals surface area (Å²) < 4.78 is 57.2. The minimum absolute atomic E-state index is 0.102. The zero-order valence-corrected chi connectivity index (χ0v) is 18.6. The number of benzene rings is 2. The van der Waals surface area contributed by atoms with Crippen LogP contribution in [-0.2, 0) is 19.9 Å². The van der Waals surface area contributed by atoms with Gasteiger partial charge in [-0.05, 0) is 60.7 Å². The molecule has 6 nitrogen and oxygen atoms in total. The van der Waals surface area contributed by atoms with E-state index in [1.165, 1.54) is 12.1 Å². The Balaban J connectivity index is 2.36. The van der Waals surface area contributed by atoms with Crippen molar-refractivity contribution in [2.24, 2.45) is 0 Å². The van der Waals surface area contributed by atoms with Crippen molar-refractivity contribution in [3.63, 3.8) is 0 Å². The van der Waals surface area contributed by atoms with Gasteiger partial charge < -0.3 is 4.74 Å². The summed E-state index contributed by atoms with van der Waals surface area (Å²) in [5, 5.41) is 0. The predicted octanol–water partition coefficient (Wildman–Crippen LogP) is 3.57. The Labute approximate surface area is 167 Å². The molecule has 8 heteroatoms. The molecule has 0 aliphatic carbocycles. The fourth-order valence-corrected chi connectivity index (χ4v) is 5.09. The third-order valence-corrected chi connectivity index (χ3v) is 7.39. The molecule has 0 saturated heterocycles. The van der Waals surface area contributed by atoms with E-state index in [2.05, 4.69) is 4.72 Å². The molecule has 1 atom stereocenters. The largest absolute Gasteiger partial charge is 0.496 e. The van der Waals surface area contributed by atoms with Crippen LogP contribution in [0.15, 0.2) is 46.2 Å². The van der Waals surface area contributed by atoms with Crippen molar-refractivity contribution < 1.29 is 21.6 Å². The second-order valence-electron chi connectivity index (χ2n) is 7.20. The maximum Gasteiger partial charge on any atom is 0.241 e. The normalized spacial score (nSPS) is 13.5. The number of methoxy groups -OCH3 is 1. The summed E-state index contributed by atoms with van der Waals surface area (Å²) in [4.78, 5) is 0.399. The summed E-state index contributed by atoms with van der Waals surface area (Å²) in [6.45, 7) is 7.40. The summed E-state index contributed by atoms with van der Waals surface area (Å²) in [6.07, 6.45) is 1.13. The smallest absolute Gasteiger partial charge is 0.241 e. The lowest BCUT2D eigenvalue weighted by Gasteiger charge is -2.19. The SMILES string of the molecule is COc1cc(C)c(S(=O)(=O)N[C@@H](C)c2ccc(S(C)(=O)=O)cc2)cc1C(C)C. The molecule has 0 bridgehead atoms. The molecule has 2 rings (SSSR count). The molecule has 2 aromatic rings. The molecule has 28 heavy (non-hydrogen) atoms. The van der Waals surface area contributed by atoms with Crippen molar-refractivity contribution in [1.29, 1.82) is 0 Å². The first-order valence-corrected chi connectivity index (χ1v) is 12.2. The summed E-state index contributed by atoms with van der Waals surface area (Å²) in [6, 6.07) is 9.04. The van der Waals surface area contributed by atoms with Crippen molar-refractivity contribution in [2.75, 3.05) is 13.4 Å². The van der Waals surface area contributed by atoms with Crippen LogP contribution < -0.4 is 9.46 Å². The summed E-state index contributed by atoms with van der Waals surface area (Å²) >= 11 is 0. The molecule has 0 unspecified atom stereocenters. The van der Waals surface area contributed by atoms with E-state index >= 15 is 0 Å². The number of ether oxygens (including phenoxy) is 1. The highest BCUT2D eigenvalue weighted by Crippen LogP contribution is 2.32. The highest BCUT2D eigenvalue weighted by Gasteiger charge is 2.23. The standard InChI is InChI=1S/C20H27NO5S2/c1-13(2)18-12-20(14(3)11-19(18)26-5)28(24,25)21-15(4)16-7-9-17(10-8-16)27(6,22)23/h7-13,15,21H,1-6H3/t15-/m0/s1. The third kappa shape index (κ3) is 4.92. The Kier molecular flexibility index (Phi) is 6.58. The fourth-order valence-electron chi connectivity index (χ4n) is 2.96. The molecule has 2 aromatic carbocycles. The number of hydrogen-bond donors (Lipinski definition) is 1. The van der Waals surface area contributed by atoms with Crippen LogP contribution in [-0.4, -0.2) is 30.2 Å². The van der Waals surface area contributed by atoms with Crippen LogP contribution in [0.25, 0.3) is 0 Å². The van der Waals surface area contributed by atoms with Crippen LogP contribution in [0.5, 0.6) is 5.75 Å². The fraction of sp³-hybridized carbons (Fsp3) is 0.400. The lowest BCUT2D eigenvalue weighted by atomic mass is 10.0. The minimum atomic E-state index is -3.78. The maximum absolute atomic E-state index is 13.0. The number of hydrogen-bond acceptors (Lipinski definition) is 5. The zero-order valence-electron chi connectivity index (χ0n) is 17.0. The third-order valence-electron chi connectivity index (χ3n) is 4.58. The summed E-state index contributed by atoms with van der Waals surface area (Å²) in [5.41, 5.74) is 2.08. The molecule has 0 aromatic heterocycles. The van der Waals surface area contributed by atoms with Gasteiger partial charge in [-0.25, -0.2) is 21.6 Å². The zero-order chi connectivity index (χ0) is 21.3. The predicted molar refractivity (Wildman–Crippen MR) is 110 cm³/mol. The molecule has 0 amide bonds. The minimum Gasteiger partial charge on any atom is -0.496 e. The Hall–Kier alpha value is -1.90. The molecule has 0 aliphatic heterocycles. The first-order chi connectivity index (χ1) is 12.9.